The lowest BCUT2D eigenvalue weighted by atomic mass is 10.1. The molecular formula is C14H17ClN6O3. The second-order valence-electron chi connectivity index (χ2n) is 5.28. The summed E-state index contributed by atoms with van der Waals surface area (Å²) in [5.41, 5.74) is -0.0747. The number of H-pyrrole nitrogens is 1. The summed E-state index contributed by atoms with van der Waals surface area (Å²) in [6, 6.07) is 5.99. The molecule has 0 radical (unpaired) electrons. The number of nitrogens with zero attached hydrogens (tertiary/aromatic N) is 4. The largest absolute Gasteiger partial charge is 0.351 e. The molecular weight excluding hydrogens is 336 g/mol. The van der Waals surface area contributed by atoms with Crippen molar-refractivity contribution in [1.82, 2.24) is 15.0 Å². The number of anilines is 3. The molecule has 1 aromatic heterocycles. The van der Waals surface area contributed by atoms with Gasteiger partial charge >= 0.3 is 5.69 Å². The molecule has 2 N–H and O–H groups in total. The monoisotopic (exact) mass is 352 g/mol. The Morgan fingerprint density at radius 3 is 2.67 bits per heavy atom. The molecule has 0 atom stereocenters. The van der Waals surface area contributed by atoms with Gasteiger partial charge in [0, 0.05) is 30.9 Å². The van der Waals surface area contributed by atoms with Crippen molar-refractivity contribution in [2.24, 2.45) is 0 Å². The van der Waals surface area contributed by atoms with Crippen molar-refractivity contribution in [2.45, 2.75) is 19.3 Å². The van der Waals surface area contributed by atoms with Crippen LogP contribution in [-0.4, -0.2) is 33.0 Å². The van der Waals surface area contributed by atoms with E-state index in [1.165, 1.54) is 18.6 Å². The molecule has 1 fully saturated rings. The molecule has 2 aromatic rings. The fourth-order valence-electron chi connectivity index (χ4n) is 2.50. The average molecular weight is 353 g/mol. The van der Waals surface area contributed by atoms with Gasteiger partial charge < -0.3 is 10.2 Å². The molecule has 9 nitrogen and oxygen atoms in total. The first-order valence-electron chi connectivity index (χ1n) is 7.36. The number of nitro groups is 1. The predicted molar refractivity (Wildman–Crippen MR) is 92.3 cm³/mol. The first-order chi connectivity index (χ1) is 11.1. The zero-order chi connectivity index (χ0) is 16.2. The molecule has 1 aliphatic rings. The van der Waals surface area contributed by atoms with Crippen LogP contribution in [0.25, 0.3) is 0 Å². The molecule has 10 heteroatoms. The van der Waals surface area contributed by atoms with E-state index in [0.717, 1.165) is 25.9 Å². The Balaban J connectivity index is 0.00000208. The van der Waals surface area contributed by atoms with Crippen molar-refractivity contribution in [3.63, 3.8) is 0 Å². The van der Waals surface area contributed by atoms with Gasteiger partial charge in [0.2, 0.25) is 11.9 Å². The van der Waals surface area contributed by atoms with Gasteiger partial charge in [0.15, 0.2) is 0 Å². The van der Waals surface area contributed by atoms with Crippen molar-refractivity contribution < 1.29 is 4.92 Å². The second-order valence-corrected chi connectivity index (χ2v) is 5.28. The Bertz CT molecular complexity index is 775. The fraction of sp³-hybridized carbons (Fsp3) is 0.357. The maximum atomic E-state index is 11.7. The summed E-state index contributed by atoms with van der Waals surface area (Å²) in [6.07, 6.45) is 3.26. The molecule has 0 bridgehead atoms. The highest BCUT2D eigenvalue weighted by Gasteiger charge is 2.15. The van der Waals surface area contributed by atoms with Gasteiger partial charge in [-0.1, -0.05) is 6.07 Å². The van der Waals surface area contributed by atoms with Gasteiger partial charge in [0.25, 0.3) is 5.69 Å². The molecule has 24 heavy (non-hydrogen) atoms. The standard InChI is InChI=1S/C14H16N6O3.ClH/c21-14-17-12(15-10-5-4-6-11(9-10)20(22)23)16-13(18-14)19-7-2-1-3-8-19;/h4-6,9H,1-3,7-8H2,(H2,15,16,17,18,21);1H. The third-order valence-electron chi connectivity index (χ3n) is 3.60. The Hall–Kier alpha value is -2.68. The highest BCUT2D eigenvalue weighted by atomic mass is 35.5. The number of nitrogens with one attached hydrogen (secondary N) is 2. The Morgan fingerprint density at radius 2 is 1.96 bits per heavy atom. The summed E-state index contributed by atoms with van der Waals surface area (Å²) in [5, 5.41) is 13.7. The quantitative estimate of drug-likeness (QED) is 0.640. The van der Waals surface area contributed by atoms with Crippen LogP contribution < -0.4 is 15.9 Å². The summed E-state index contributed by atoms with van der Waals surface area (Å²) in [7, 11) is 0. The van der Waals surface area contributed by atoms with E-state index in [9.17, 15) is 14.9 Å². The normalized spacial score (nSPS) is 13.9. The van der Waals surface area contributed by atoms with Gasteiger partial charge in [-0.2, -0.15) is 9.97 Å². The predicted octanol–water partition coefficient (Wildman–Crippen LogP) is 2.23. The number of hydrogen-bond acceptors (Lipinski definition) is 7. The molecule has 0 spiro atoms. The number of non-ortho nitro benzene ring substituents is 1. The van der Waals surface area contributed by atoms with E-state index in [2.05, 4.69) is 20.3 Å². The first kappa shape index (κ1) is 17.7. The van der Waals surface area contributed by atoms with Crippen molar-refractivity contribution >= 4 is 35.7 Å². The van der Waals surface area contributed by atoms with Gasteiger partial charge in [-0.3, -0.25) is 15.1 Å². The molecule has 0 saturated carbocycles. The minimum absolute atomic E-state index is 0. The first-order valence-corrected chi connectivity index (χ1v) is 7.36. The lowest BCUT2D eigenvalue weighted by molar-refractivity contribution is -0.384. The molecule has 3 rings (SSSR count). The number of hydrogen-bond donors (Lipinski definition) is 2. The number of benzene rings is 1. The summed E-state index contributed by atoms with van der Waals surface area (Å²) in [4.78, 5) is 34.7. The maximum absolute atomic E-state index is 11.7. The van der Waals surface area contributed by atoms with Crippen molar-refractivity contribution in [2.75, 3.05) is 23.3 Å². The van der Waals surface area contributed by atoms with E-state index in [1.54, 1.807) is 12.1 Å². The topological polar surface area (TPSA) is 117 Å². The number of nitro benzene ring substituents is 1. The minimum atomic E-state index is -0.506. The average Bonchev–Trinajstić information content (AvgIpc) is 2.55. The smallest absolute Gasteiger partial charge is 0.341 e. The van der Waals surface area contributed by atoms with Gasteiger partial charge in [-0.25, -0.2) is 4.79 Å². The second kappa shape index (κ2) is 7.73. The van der Waals surface area contributed by atoms with Gasteiger partial charge in [-0.05, 0) is 25.3 Å². The third kappa shape index (κ3) is 4.19. The third-order valence-corrected chi connectivity index (χ3v) is 3.60. The zero-order valence-electron chi connectivity index (χ0n) is 12.8. The van der Waals surface area contributed by atoms with E-state index in [4.69, 9.17) is 0 Å². The van der Waals surface area contributed by atoms with Gasteiger partial charge in [-0.15, -0.1) is 12.4 Å². The summed E-state index contributed by atoms with van der Waals surface area (Å²) < 4.78 is 0. The molecule has 2 heterocycles. The van der Waals surface area contributed by atoms with E-state index >= 15 is 0 Å². The van der Waals surface area contributed by atoms with Crippen LogP contribution >= 0.6 is 12.4 Å². The number of piperidine rings is 1. The Morgan fingerprint density at radius 1 is 1.21 bits per heavy atom. The lowest BCUT2D eigenvalue weighted by Crippen LogP contribution is -2.33. The van der Waals surface area contributed by atoms with E-state index in [-0.39, 0.29) is 24.0 Å². The molecule has 0 aliphatic carbocycles. The Kier molecular flexibility index (Phi) is 5.69. The van der Waals surface area contributed by atoms with Gasteiger partial charge in [0.05, 0.1) is 4.92 Å². The number of halogens is 1. The number of aromatic amines is 1. The van der Waals surface area contributed by atoms with E-state index in [1.807, 2.05) is 4.90 Å². The molecule has 128 valence electrons. The van der Waals surface area contributed by atoms with Crippen LogP contribution in [-0.2, 0) is 0 Å². The van der Waals surface area contributed by atoms with E-state index < -0.39 is 10.6 Å². The van der Waals surface area contributed by atoms with Crippen LogP contribution in [0.3, 0.4) is 0 Å². The van der Waals surface area contributed by atoms with Crippen LogP contribution in [0, 0.1) is 10.1 Å². The minimum Gasteiger partial charge on any atom is -0.341 e. The van der Waals surface area contributed by atoms with Crippen LogP contribution in [0.4, 0.5) is 23.3 Å². The summed E-state index contributed by atoms with van der Waals surface area (Å²) in [6.45, 7) is 1.64. The number of rotatable bonds is 4. The maximum Gasteiger partial charge on any atom is 0.351 e. The molecule has 1 aliphatic heterocycles. The van der Waals surface area contributed by atoms with Crippen LogP contribution in [0.2, 0.25) is 0 Å². The molecule has 0 amide bonds. The van der Waals surface area contributed by atoms with Crippen molar-refractivity contribution in [1.29, 1.82) is 0 Å². The van der Waals surface area contributed by atoms with Crippen LogP contribution in [0.15, 0.2) is 29.1 Å². The molecule has 0 unspecified atom stereocenters. The molecule has 1 aromatic carbocycles. The van der Waals surface area contributed by atoms with Crippen LogP contribution in [0.5, 0.6) is 0 Å². The summed E-state index contributed by atoms with van der Waals surface area (Å²) >= 11 is 0. The highest BCUT2D eigenvalue weighted by molar-refractivity contribution is 5.85. The lowest BCUT2D eigenvalue weighted by Gasteiger charge is -2.26. The van der Waals surface area contributed by atoms with Crippen LogP contribution in [0.1, 0.15) is 19.3 Å². The van der Waals surface area contributed by atoms with Crippen molar-refractivity contribution in [3.05, 3.63) is 44.9 Å². The zero-order valence-corrected chi connectivity index (χ0v) is 13.6. The highest BCUT2D eigenvalue weighted by Crippen LogP contribution is 2.20. The Labute approximate surface area is 143 Å². The SMILES string of the molecule is Cl.O=c1nc(N2CCCCC2)nc(Nc2cccc([N+](=O)[O-])c2)[nH]1. The van der Waals surface area contributed by atoms with E-state index in [0.29, 0.717) is 11.6 Å². The van der Waals surface area contributed by atoms with Crippen molar-refractivity contribution in [3.8, 4) is 0 Å². The number of aromatic nitrogens is 3. The molecule has 1 saturated heterocycles. The van der Waals surface area contributed by atoms with Gasteiger partial charge in [0.1, 0.15) is 0 Å². The summed E-state index contributed by atoms with van der Waals surface area (Å²) in [5.74, 6) is 0.590. The fourth-order valence-corrected chi connectivity index (χ4v) is 2.50.